The van der Waals surface area contributed by atoms with Gasteiger partial charge in [0.25, 0.3) is 0 Å². The zero-order chi connectivity index (χ0) is 12.8. The van der Waals surface area contributed by atoms with E-state index in [1.807, 2.05) is 0 Å². The molecule has 2 atom stereocenters. The van der Waals surface area contributed by atoms with E-state index in [1.54, 1.807) is 0 Å². The molecular weight excluding hydrogens is 212 g/mol. The molecule has 100 valence electrons. The maximum Gasteiger partial charge on any atom is 0.238 e. The zero-order valence-electron chi connectivity index (χ0n) is 11.8. The molecule has 1 aliphatic rings. The lowest BCUT2D eigenvalue weighted by Gasteiger charge is -2.35. The molecule has 3 nitrogen and oxygen atoms in total. The van der Waals surface area contributed by atoms with Crippen molar-refractivity contribution in [3.63, 3.8) is 0 Å². The molecule has 1 N–H and O–H groups in total. The first-order chi connectivity index (χ1) is 8.11. The van der Waals surface area contributed by atoms with Crippen LogP contribution in [-0.4, -0.2) is 29.6 Å². The van der Waals surface area contributed by atoms with Gasteiger partial charge in [-0.15, -0.1) is 0 Å². The number of carbonyl (C=O) groups excluding carboxylic acids is 1. The molecule has 0 radical (unpaired) electrons. The smallest absolute Gasteiger partial charge is 0.238 e. The second kappa shape index (κ2) is 7.00. The number of rotatable bonds is 7. The standard InChI is InChI=1S/C14H28N2O/c1-5-7-9-12(8-6-2)16-13(17)10-15-14(16)11(3)4/h11-12,14-15H,5-10H2,1-4H3. The molecule has 0 aromatic carbocycles. The van der Waals surface area contributed by atoms with Crippen LogP contribution < -0.4 is 5.32 Å². The van der Waals surface area contributed by atoms with E-state index in [9.17, 15) is 4.79 Å². The van der Waals surface area contributed by atoms with Gasteiger partial charge in [-0.25, -0.2) is 0 Å². The minimum atomic E-state index is 0.246. The summed E-state index contributed by atoms with van der Waals surface area (Å²) in [5.41, 5.74) is 0. The molecule has 1 heterocycles. The lowest BCUT2D eigenvalue weighted by molar-refractivity contribution is -0.131. The van der Waals surface area contributed by atoms with Crippen molar-refractivity contribution in [1.29, 1.82) is 0 Å². The van der Waals surface area contributed by atoms with Gasteiger partial charge < -0.3 is 4.90 Å². The Morgan fingerprint density at radius 1 is 1.29 bits per heavy atom. The highest BCUT2D eigenvalue weighted by atomic mass is 16.2. The van der Waals surface area contributed by atoms with Crippen molar-refractivity contribution in [2.75, 3.05) is 6.54 Å². The fraction of sp³-hybridized carbons (Fsp3) is 0.929. The second-order valence-corrected chi connectivity index (χ2v) is 5.46. The van der Waals surface area contributed by atoms with Crippen molar-refractivity contribution in [3.8, 4) is 0 Å². The van der Waals surface area contributed by atoms with Crippen LogP contribution in [0.1, 0.15) is 59.8 Å². The number of hydrogen-bond acceptors (Lipinski definition) is 2. The SMILES string of the molecule is CCCCC(CCC)N1C(=O)CNC1C(C)C. The Labute approximate surface area is 106 Å². The number of nitrogens with zero attached hydrogens (tertiary/aromatic N) is 1. The highest BCUT2D eigenvalue weighted by molar-refractivity contribution is 5.81. The summed E-state index contributed by atoms with van der Waals surface area (Å²) in [6.45, 7) is 9.32. The van der Waals surface area contributed by atoms with Crippen LogP contribution in [0.4, 0.5) is 0 Å². The summed E-state index contributed by atoms with van der Waals surface area (Å²) < 4.78 is 0. The van der Waals surface area contributed by atoms with E-state index < -0.39 is 0 Å². The molecule has 2 unspecified atom stereocenters. The average molecular weight is 240 g/mol. The van der Waals surface area contributed by atoms with Gasteiger partial charge >= 0.3 is 0 Å². The van der Waals surface area contributed by atoms with Crippen LogP contribution >= 0.6 is 0 Å². The van der Waals surface area contributed by atoms with Crippen molar-refractivity contribution < 1.29 is 4.79 Å². The van der Waals surface area contributed by atoms with Gasteiger partial charge in [0.15, 0.2) is 0 Å². The molecule has 1 rings (SSSR count). The molecule has 1 amide bonds. The maximum absolute atomic E-state index is 12.0. The lowest BCUT2D eigenvalue weighted by atomic mass is 10.0. The van der Waals surface area contributed by atoms with Gasteiger partial charge in [0.05, 0.1) is 12.7 Å². The highest BCUT2D eigenvalue weighted by Crippen LogP contribution is 2.23. The summed E-state index contributed by atoms with van der Waals surface area (Å²) in [6, 6.07) is 0.440. The first-order valence-corrected chi connectivity index (χ1v) is 7.16. The van der Waals surface area contributed by atoms with Gasteiger partial charge in [0.1, 0.15) is 0 Å². The monoisotopic (exact) mass is 240 g/mol. The van der Waals surface area contributed by atoms with Crippen LogP contribution in [0.15, 0.2) is 0 Å². The van der Waals surface area contributed by atoms with Crippen molar-refractivity contribution in [1.82, 2.24) is 10.2 Å². The van der Waals surface area contributed by atoms with Gasteiger partial charge in [-0.3, -0.25) is 10.1 Å². The number of amides is 1. The lowest BCUT2D eigenvalue weighted by Crippen LogP contribution is -2.47. The van der Waals surface area contributed by atoms with Crippen LogP contribution in [0, 0.1) is 5.92 Å². The molecule has 0 aromatic rings. The first kappa shape index (κ1) is 14.5. The molecule has 17 heavy (non-hydrogen) atoms. The third-order valence-corrected chi connectivity index (χ3v) is 3.59. The zero-order valence-corrected chi connectivity index (χ0v) is 11.8. The summed E-state index contributed by atoms with van der Waals surface area (Å²) in [5, 5.41) is 3.35. The Morgan fingerprint density at radius 2 is 2.00 bits per heavy atom. The summed E-state index contributed by atoms with van der Waals surface area (Å²) in [5.74, 6) is 0.778. The predicted molar refractivity (Wildman–Crippen MR) is 71.7 cm³/mol. The minimum absolute atomic E-state index is 0.246. The quantitative estimate of drug-likeness (QED) is 0.742. The van der Waals surface area contributed by atoms with E-state index in [0.717, 1.165) is 19.3 Å². The van der Waals surface area contributed by atoms with Crippen LogP contribution in [0.5, 0.6) is 0 Å². The van der Waals surface area contributed by atoms with Gasteiger partial charge in [-0.05, 0) is 18.8 Å². The number of nitrogens with one attached hydrogen (secondary N) is 1. The second-order valence-electron chi connectivity index (χ2n) is 5.46. The van der Waals surface area contributed by atoms with E-state index in [0.29, 0.717) is 24.4 Å². The molecular formula is C14H28N2O. The molecule has 0 bridgehead atoms. The number of unbranched alkanes of at least 4 members (excludes halogenated alkanes) is 1. The number of carbonyl (C=O) groups is 1. The summed E-state index contributed by atoms with van der Waals surface area (Å²) in [6.07, 6.45) is 6.12. The third kappa shape index (κ3) is 3.70. The largest absolute Gasteiger partial charge is 0.323 e. The Balaban J connectivity index is 2.70. The van der Waals surface area contributed by atoms with E-state index in [-0.39, 0.29) is 6.17 Å². The molecule has 0 saturated carbocycles. The molecule has 1 fully saturated rings. The van der Waals surface area contributed by atoms with Crippen LogP contribution in [0.25, 0.3) is 0 Å². The Hall–Kier alpha value is -0.570. The fourth-order valence-electron chi connectivity index (χ4n) is 2.72. The van der Waals surface area contributed by atoms with E-state index in [2.05, 4.69) is 37.9 Å². The van der Waals surface area contributed by atoms with Gasteiger partial charge in [-0.2, -0.15) is 0 Å². The van der Waals surface area contributed by atoms with Crippen molar-refractivity contribution >= 4 is 5.91 Å². The summed E-state index contributed by atoms with van der Waals surface area (Å²) in [4.78, 5) is 14.2. The van der Waals surface area contributed by atoms with Gasteiger partial charge in [0, 0.05) is 6.04 Å². The fourth-order valence-corrected chi connectivity index (χ4v) is 2.72. The van der Waals surface area contributed by atoms with Gasteiger partial charge in [0.2, 0.25) is 5.91 Å². The van der Waals surface area contributed by atoms with Crippen LogP contribution in [0.3, 0.4) is 0 Å². The Kier molecular flexibility index (Phi) is 5.96. The van der Waals surface area contributed by atoms with Gasteiger partial charge in [-0.1, -0.05) is 47.0 Å². The Morgan fingerprint density at radius 3 is 2.53 bits per heavy atom. The van der Waals surface area contributed by atoms with E-state index >= 15 is 0 Å². The first-order valence-electron chi connectivity index (χ1n) is 7.16. The van der Waals surface area contributed by atoms with E-state index in [4.69, 9.17) is 0 Å². The van der Waals surface area contributed by atoms with Crippen LogP contribution in [-0.2, 0) is 4.79 Å². The summed E-state index contributed by atoms with van der Waals surface area (Å²) >= 11 is 0. The van der Waals surface area contributed by atoms with Crippen molar-refractivity contribution in [2.24, 2.45) is 5.92 Å². The minimum Gasteiger partial charge on any atom is -0.323 e. The van der Waals surface area contributed by atoms with Crippen molar-refractivity contribution in [2.45, 2.75) is 72.0 Å². The molecule has 1 saturated heterocycles. The summed E-state index contributed by atoms with van der Waals surface area (Å²) in [7, 11) is 0. The molecule has 3 heteroatoms. The topological polar surface area (TPSA) is 32.3 Å². The molecule has 1 aliphatic heterocycles. The Bertz CT molecular complexity index is 240. The molecule has 0 spiro atoms. The van der Waals surface area contributed by atoms with E-state index in [1.165, 1.54) is 12.8 Å². The normalized spacial score (nSPS) is 22.5. The maximum atomic E-state index is 12.0. The highest BCUT2D eigenvalue weighted by Gasteiger charge is 2.36. The number of hydrogen-bond donors (Lipinski definition) is 1. The van der Waals surface area contributed by atoms with Crippen molar-refractivity contribution in [3.05, 3.63) is 0 Å². The molecule has 0 aliphatic carbocycles. The predicted octanol–water partition coefficient (Wildman–Crippen LogP) is 2.76. The van der Waals surface area contributed by atoms with Crippen LogP contribution in [0.2, 0.25) is 0 Å². The average Bonchev–Trinajstić information content (AvgIpc) is 2.66. The molecule has 0 aromatic heterocycles. The third-order valence-electron chi connectivity index (χ3n) is 3.59.